The SMILES string of the molecule is Cc1cc(N)nc(CCCCCCCCCCO)c1O. The van der Waals surface area contributed by atoms with Crippen LogP contribution >= 0.6 is 0 Å². The van der Waals surface area contributed by atoms with Crippen LogP contribution in [0.15, 0.2) is 6.07 Å². The molecular weight excluding hydrogens is 252 g/mol. The molecule has 0 fully saturated rings. The highest BCUT2D eigenvalue weighted by Crippen LogP contribution is 2.23. The van der Waals surface area contributed by atoms with Crippen LogP contribution in [0, 0.1) is 6.92 Å². The number of aromatic hydroxyl groups is 1. The number of anilines is 1. The predicted molar refractivity (Wildman–Crippen MR) is 82.8 cm³/mol. The molecular formula is C16H28N2O2. The largest absolute Gasteiger partial charge is 0.506 e. The fraction of sp³-hybridized carbons (Fsp3) is 0.688. The third-order valence-corrected chi connectivity index (χ3v) is 3.60. The fourth-order valence-corrected chi connectivity index (χ4v) is 2.40. The van der Waals surface area contributed by atoms with Gasteiger partial charge in [0.2, 0.25) is 0 Å². The lowest BCUT2D eigenvalue weighted by molar-refractivity contribution is 0.282. The highest BCUT2D eigenvalue weighted by atomic mass is 16.3. The molecule has 0 radical (unpaired) electrons. The van der Waals surface area contributed by atoms with Crippen molar-refractivity contribution >= 4 is 5.82 Å². The highest BCUT2D eigenvalue weighted by Gasteiger charge is 2.07. The molecule has 0 aliphatic carbocycles. The van der Waals surface area contributed by atoms with Crippen LogP contribution in [0.1, 0.15) is 62.6 Å². The second-order valence-corrected chi connectivity index (χ2v) is 5.46. The van der Waals surface area contributed by atoms with E-state index in [0.29, 0.717) is 18.2 Å². The Morgan fingerprint density at radius 3 is 2.15 bits per heavy atom. The maximum Gasteiger partial charge on any atom is 0.140 e. The van der Waals surface area contributed by atoms with Gasteiger partial charge in [0.1, 0.15) is 11.6 Å². The summed E-state index contributed by atoms with van der Waals surface area (Å²) in [5.41, 5.74) is 7.23. The zero-order valence-corrected chi connectivity index (χ0v) is 12.6. The zero-order valence-electron chi connectivity index (χ0n) is 12.6. The monoisotopic (exact) mass is 280 g/mol. The van der Waals surface area contributed by atoms with Crippen molar-refractivity contribution in [3.8, 4) is 5.75 Å². The molecule has 0 amide bonds. The Kier molecular flexibility index (Phi) is 8.04. The Morgan fingerprint density at radius 2 is 1.55 bits per heavy atom. The van der Waals surface area contributed by atoms with Gasteiger partial charge in [0.15, 0.2) is 0 Å². The number of hydrogen-bond acceptors (Lipinski definition) is 4. The number of aryl methyl sites for hydroxylation is 2. The van der Waals surface area contributed by atoms with Gasteiger partial charge in [-0.1, -0.05) is 38.5 Å². The number of aliphatic hydroxyl groups excluding tert-OH is 1. The molecule has 0 unspecified atom stereocenters. The average molecular weight is 280 g/mol. The molecule has 0 saturated heterocycles. The summed E-state index contributed by atoms with van der Waals surface area (Å²) < 4.78 is 0. The number of rotatable bonds is 10. The van der Waals surface area contributed by atoms with Crippen LogP contribution in [0.3, 0.4) is 0 Å². The minimum Gasteiger partial charge on any atom is -0.506 e. The summed E-state index contributed by atoms with van der Waals surface area (Å²) in [5, 5.41) is 18.6. The lowest BCUT2D eigenvalue weighted by atomic mass is 10.1. The van der Waals surface area contributed by atoms with Crippen LogP contribution in [-0.4, -0.2) is 21.8 Å². The first-order valence-corrected chi connectivity index (χ1v) is 7.71. The summed E-state index contributed by atoms with van der Waals surface area (Å²) in [5.74, 6) is 0.780. The summed E-state index contributed by atoms with van der Waals surface area (Å²) in [6.45, 7) is 2.17. The van der Waals surface area contributed by atoms with Crippen LogP contribution in [0.4, 0.5) is 5.82 Å². The maximum atomic E-state index is 9.91. The second-order valence-electron chi connectivity index (χ2n) is 5.46. The van der Waals surface area contributed by atoms with Gasteiger partial charge in [-0.2, -0.15) is 0 Å². The van der Waals surface area contributed by atoms with E-state index in [9.17, 15) is 5.11 Å². The van der Waals surface area contributed by atoms with Gasteiger partial charge in [0.25, 0.3) is 0 Å². The van der Waals surface area contributed by atoms with Crippen molar-refractivity contribution in [2.45, 2.75) is 64.7 Å². The summed E-state index contributed by atoms with van der Waals surface area (Å²) in [6.07, 6.45) is 10.0. The molecule has 4 N–H and O–H groups in total. The molecule has 0 atom stereocenters. The first kappa shape index (κ1) is 16.8. The second kappa shape index (κ2) is 9.59. The number of unbranched alkanes of at least 4 members (excludes halogenated alkanes) is 7. The Balaban J connectivity index is 2.13. The molecule has 0 aromatic carbocycles. The van der Waals surface area contributed by atoms with Crippen LogP contribution in [0.5, 0.6) is 5.75 Å². The maximum absolute atomic E-state index is 9.91. The van der Waals surface area contributed by atoms with Crippen molar-refractivity contribution in [2.75, 3.05) is 12.3 Å². The Labute approximate surface area is 122 Å². The van der Waals surface area contributed by atoms with Crippen molar-refractivity contribution in [3.05, 3.63) is 17.3 Å². The van der Waals surface area contributed by atoms with Crippen LogP contribution < -0.4 is 5.73 Å². The van der Waals surface area contributed by atoms with Gasteiger partial charge in [0, 0.05) is 6.61 Å². The van der Waals surface area contributed by atoms with E-state index in [0.717, 1.165) is 43.4 Å². The predicted octanol–water partition coefficient (Wildman–Crippen LogP) is 3.33. The van der Waals surface area contributed by atoms with E-state index < -0.39 is 0 Å². The molecule has 0 saturated carbocycles. The van der Waals surface area contributed by atoms with E-state index in [2.05, 4.69) is 4.98 Å². The van der Waals surface area contributed by atoms with Gasteiger partial charge in [-0.05, 0) is 37.8 Å². The number of aromatic nitrogens is 1. The third kappa shape index (κ3) is 6.24. The number of nitrogens with zero attached hydrogens (tertiary/aromatic N) is 1. The van der Waals surface area contributed by atoms with Gasteiger partial charge in [-0.3, -0.25) is 0 Å². The van der Waals surface area contributed by atoms with E-state index >= 15 is 0 Å². The number of pyridine rings is 1. The van der Waals surface area contributed by atoms with Gasteiger partial charge in [-0.25, -0.2) is 4.98 Å². The van der Waals surface area contributed by atoms with E-state index in [1.54, 1.807) is 6.07 Å². The molecule has 4 heteroatoms. The molecule has 4 nitrogen and oxygen atoms in total. The first-order chi connectivity index (χ1) is 9.65. The number of nitrogens with two attached hydrogens (primary N) is 1. The average Bonchev–Trinajstić information content (AvgIpc) is 2.42. The Hall–Kier alpha value is -1.29. The molecule has 0 bridgehead atoms. The van der Waals surface area contributed by atoms with Crippen LogP contribution in [0.25, 0.3) is 0 Å². The first-order valence-electron chi connectivity index (χ1n) is 7.71. The molecule has 0 aliphatic rings. The minimum atomic E-state index is 0.295. The van der Waals surface area contributed by atoms with Gasteiger partial charge < -0.3 is 15.9 Å². The molecule has 0 aliphatic heterocycles. The highest BCUT2D eigenvalue weighted by molar-refractivity contribution is 5.44. The van der Waals surface area contributed by atoms with Crippen molar-refractivity contribution in [3.63, 3.8) is 0 Å². The molecule has 0 spiro atoms. The topological polar surface area (TPSA) is 79.4 Å². The zero-order chi connectivity index (χ0) is 14.8. The summed E-state index contributed by atoms with van der Waals surface area (Å²) in [7, 11) is 0. The van der Waals surface area contributed by atoms with E-state index in [1.807, 2.05) is 6.92 Å². The quantitative estimate of drug-likeness (QED) is 0.574. The Bertz CT molecular complexity index is 394. The minimum absolute atomic E-state index is 0.295. The van der Waals surface area contributed by atoms with Crippen molar-refractivity contribution in [1.29, 1.82) is 0 Å². The summed E-state index contributed by atoms with van der Waals surface area (Å²) in [4.78, 5) is 4.21. The molecule has 1 heterocycles. The molecule has 1 aromatic heterocycles. The standard InChI is InChI=1S/C16H28N2O2/c1-13-12-15(17)18-14(16(13)20)10-8-6-4-2-3-5-7-9-11-19/h12,19-20H,2-11H2,1H3,(H2,17,18). The number of hydrogen-bond donors (Lipinski definition) is 3. The summed E-state index contributed by atoms with van der Waals surface area (Å²) in [6, 6.07) is 1.70. The number of aliphatic hydroxyl groups is 1. The molecule has 1 rings (SSSR count). The van der Waals surface area contributed by atoms with Crippen molar-refractivity contribution in [2.24, 2.45) is 0 Å². The van der Waals surface area contributed by atoms with Crippen molar-refractivity contribution < 1.29 is 10.2 Å². The van der Waals surface area contributed by atoms with Crippen LogP contribution in [0.2, 0.25) is 0 Å². The molecule has 114 valence electrons. The van der Waals surface area contributed by atoms with Crippen molar-refractivity contribution in [1.82, 2.24) is 4.98 Å². The van der Waals surface area contributed by atoms with E-state index in [4.69, 9.17) is 10.8 Å². The summed E-state index contributed by atoms with van der Waals surface area (Å²) >= 11 is 0. The Morgan fingerprint density at radius 1 is 1.00 bits per heavy atom. The lowest BCUT2D eigenvalue weighted by Gasteiger charge is -2.07. The molecule has 20 heavy (non-hydrogen) atoms. The third-order valence-electron chi connectivity index (χ3n) is 3.60. The normalized spacial score (nSPS) is 10.9. The van der Waals surface area contributed by atoms with Crippen LogP contribution in [-0.2, 0) is 6.42 Å². The fourth-order valence-electron chi connectivity index (χ4n) is 2.40. The lowest BCUT2D eigenvalue weighted by Crippen LogP contribution is -1.98. The van der Waals surface area contributed by atoms with E-state index in [-0.39, 0.29) is 0 Å². The van der Waals surface area contributed by atoms with Gasteiger partial charge in [0.05, 0.1) is 5.69 Å². The smallest absolute Gasteiger partial charge is 0.140 e. The number of nitrogen functional groups attached to an aromatic ring is 1. The van der Waals surface area contributed by atoms with Gasteiger partial charge in [-0.15, -0.1) is 0 Å². The molecule has 1 aromatic rings. The van der Waals surface area contributed by atoms with Gasteiger partial charge >= 0.3 is 0 Å². The van der Waals surface area contributed by atoms with E-state index in [1.165, 1.54) is 25.7 Å².